The highest BCUT2D eigenvalue weighted by molar-refractivity contribution is 9.10. The van der Waals surface area contributed by atoms with Crippen molar-refractivity contribution < 1.29 is 9.90 Å². The van der Waals surface area contributed by atoms with Gasteiger partial charge in [-0.3, -0.25) is 4.79 Å². The van der Waals surface area contributed by atoms with Crippen LogP contribution in [-0.2, 0) is 4.79 Å². The molecule has 14 heavy (non-hydrogen) atoms. The number of thiophene rings is 1. The van der Waals surface area contributed by atoms with Crippen molar-refractivity contribution >= 4 is 38.8 Å². The van der Waals surface area contributed by atoms with E-state index < -0.39 is 5.97 Å². The molecule has 0 atom stereocenters. The van der Waals surface area contributed by atoms with Gasteiger partial charge in [-0.1, -0.05) is 6.08 Å². The molecule has 0 aliphatic heterocycles. The Morgan fingerprint density at radius 3 is 2.93 bits per heavy atom. The highest BCUT2D eigenvalue weighted by Crippen LogP contribution is 2.29. The highest BCUT2D eigenvalue weighted by Gasteiger charge is 2.02. The van der Waals surface area contributed by atoms with Crippen LogP contribution in [0, 0.1) is 0 Å². The van der Waals surface area contributed by atoms with Crippen LogP contribution >= 0.6 is 27.3 Å². The van der Waals surface area contributed by atoms with Crippen molar-refractivity contribution in [2.24, 2.45) is 0 Å². The summed E-state index contributed by atoms with van der Waals surface area (Å²) in [5, 5.41) is 10.5. The van der Waals surface area contributed by atoms with Gasteiger partial charge in [-0.25, -0.2) is 0 Å². The molecule has 0 saturated carbocycles. The number of allylic oxidation sites excluding steroid dienone is 2. The van der Waals surface area contributed by atoms with Gasteiger partial charge in [0.1, 0.15) is 0 Å². The number of carbonyl (C=O) groups is 1. The molecular formula is C10H11BrO2S. The summed E-state index contributed by atoms with van der Waals surface area (Å²) >= 11 is 5.09. The molecule has 0 spiro atoms. The number of aliphatic carboxylic acids is 1. The Balaban J connectivity index is 2.61. The lowest BCUT2D eigenvalue weighted by atomic mass is 10.2. The summed E-state index contributed by atoms with van der Waals surface area (Å²) in [5.41, 5.74) is 1.13. The van der Waals surface area contributed by atoms with Gasteiger partial charge in [0.15, 0.2) is 0 Å². The van der Waals surface area contributed by atoms with Gasteiger partial charge < -0.3 is 5.11 Å². The zero-order chi connectivity index (χ0) is 10.6. The SMILES string of the molecule is C/C(=C\CCC(=O)O)c1sccc1Br. The Morgan fingerprint density at radius 2 is 2.43 bits per heavy atom. The van der Waals surface area contributed by atoms with E-state index in [4.69, 9.17) is 5.11 Å². The average molecular weight is 275 g/mol. The first-order valence-corrected chi connectivity index (χ1v) is 5.90. The van der Waals surface area contributed by atoms with Crippen LogP contribution in [0.4, 0.5) is 0 Å². The summed E-state index contributed by atoms with van der Waals surface area (Å²) in [4.78, 5) is 11.5. The summed E-state index contributed by atoms with van der Waals surface area (Å²) in [5.74, 6) is -0.751. The molecule has 1 aromatic rings. The van der Waals surface area contributed by atoms with Crippen LogP contribution in [0.1, 0.15) is 24.6 Å². The van der Waals surface area contributed by atoms with Crippen LogP contribution in [0.2, 0.25) is 0 Å². The zero-order valence-corrected chi connectivity index (χ0v) is 10.2. The minimum absolute atomic E-state index is 0.195. The molecule has 4 heteroatoms. The fourth-order valence-electron chi connectivity index (χ4n) is 1.08. The van der Waals surface area contributed by atoms with E-state index in [-0.39, 0.29) is 6.42 Å². The fraction of sp³-hybridized carbons (Fsp3) is 0.300. The molecule has 1 heterocycles. The predicted octanol–water partition coefficient (Wildman–Crippen LogP) is 3.78. The Bertz CT molecular complexity index is 355. The molecule has 0 radical (unpaired) electrons. The number of carboxylic acid groups (broad SMARTS) is 1. The molecule has 0 bridgehead atoms. The maximum Gasteiger partial charge on any atom is 0.303 e. The molecule has 0 saturated heterocycles. The maximum absolute atomic E-state index is 10.3. The molecular weight excluding hydrogens is 264 g/mol. The van der Waals surface area contributed by atoms with Crippen molar-refractivity contribution in [3.05, 3.63) is 26.9 Å². The van der Waals surface area contributed by atoms with E-state index in [9.17, 15) is 4.79 Å². The van der Waals surface area contributed by atoms with Gasteiger partial charge in [-0.15, -0.1) is 11.3 Å². The third-order valence-corrected chi connectivity index (χ3v) is 3.76. The van der Waals surface area contributed by atoms with Crippen molar-refractivity contribution in [1.82, 2.24) is 0 Å². The molecule has 0 unspecified atom stereocenters. The van der Waals surface area contributed by atoms with E-state index in [1.807, 2.05) is 24.4 Å². The highest BCUT2D eigenvalue weighted by atomic mass is 79.9. The normalized spacial score (nSPS) is 11.7. The Morgan fingerprint density at radius 1 is 1.71 bits per heavy atom. The average Bonchev–Trinajstić information content (AvgIpc) is 2.50. The lowest BCUT2D eigenvalue weighted by Gasteiger charge is -1.97. The van der Waals surface area contributed by atoms with E-state index in [0.29, 0.717) is 6.42 Å². The molecule has 0 aromatic carbocycles. The first-order valence-electron chi connectivity index (χ1n) is 4.23. The lowest BCUT2D eigenvalue weighted by molar-refractivity contribution is -0.136. The smallest absolute Gasteiger partial charge is 0.303 e. The van der Waals surface area contributed by atoms with Crippen molar-refractivity contribution in [2.45, 2.75) is 19.8 Å². The van der Waals surface area contributed by atoms with Crippen LogP contribution in [0.15, 0.2) is 22.0 Å². The quantitative estimate of drug-likeness (QED) is 0.908. The van der Waals surface area contributed by atoms with E-state index in [2.05, 4.69) is 15.9 Å². The second-order valence-electron chi connectivity index (χ2n) is 2.92. The number of hydrogen-bond acceptors (Lipinski definition) is 2. The van der Waals surface area contributed by atoms with Gasteiger partial charge in [0, 0.05) is 15.8 Å². The second kappa shape index (κ2) is 5.32. The predicted molar refractivity (Wildman–Crippen MR) is 62.5 cm³/mol. The minimum atomic E-state index is -0.751. The first kappa shape index (κ1) is 11.5. The van der Waals surface area contributed by atoms with Gasteiger partial charge in [-0.05, 0) is 46.3 Å². The van der Waals surface area contributed by atoms with Gasteiger partial charge in [0.25, 0.3) is 0 Å². The monoisotopic (exact) mass is 274 g/mol. The molecule has 0 aliphatic carbocycles. The van der Waals surface area contributed by atoms with Crippen molar-refractivity contribution in [2.75, 3.05) is 0 Å². The van der Waals surface area contributed by atoms with Crippen LogP contribution in [0.5, 0.6) is 0 Å². The van der Waals surface area contributed by atoms with Crippen LogP contribution in [0.25, 0.3) is 5.57 Å². The number of halogens is 1. The molecule has 76 valence electrons. The first-order chi connectivity index (χ1) is 6.61. The van der Waals surface area contributed by atoms with Gasteiger partial charge in [0.05, 0.1) is 0 Å². The summed E-state index contributed by atoms with van der Waals surface area (Å²) < 4.78 is 1.08. The second-order valence-corrected chi connectivity index (χ2v) is 4.69. The topological polar surface area (TPSA) is 37.3 Å². The number of carboxylic acids is 1. The molecule has 0 fully saturated rings. The largest absolute Gasteiger partial charge is 0.481 e. The van der Waals surface area contributed by atoms with Crippen molar-refractivity contribution in [3.63, 3.8) is 0 Å². The van der Waals surface area contributed by atoms with Gasteiger partial charge in [0.2, 0.25) is 0 Å². The fourth-order valence-corrected chi connectivity index (χ4v) is 2.77. The maximum atomic E-state index is 10.3. The molecule has 0 aliphatic rings. The summed E-state index contributed by atoms with van der Waals surface area (Å²) in [6.45, 7) is 2.00. The summed E-state index contributed by atoms with van der Waals surface area (Å²) in [7, 11) is 0. The third-order valence-electron chi connectivity index (χ3n) is 1.78. The lowest BCUT2D eigenvalue weighted by Crippen LogP contribution is -1.92. The van der Waals surface area contributed by atoms with Crippen LogP contribution in [0.3, 0.4) is 0 Å². The van der Waals surface area contributed by atoms with Gasteiger partial charge >= 0.3 is 5.97 Å². The minimum Gasteiger partial charge on any atom is -0.481 e. The Labute approximate surface area is 95.4 Å². The molecule has 2 nitrogen and oxygen atoms in total. The third kappa shape index (κ3) is 3.27. The van der Waals surface area contributed by atoms with E-state index in [1.165, 1.54) is 4.88 Å². The molecule has 1 N–H and O–H groups in total. The molecule has 0 amide bonds. The Hall–Kier alpha value is -0.610. The van der Waals surface area contributed by atoms with Crippen molar-refractivity contribution in [3.8, 4) is 0 Å². The summed E-state index contributed by atoms with van der Waals surface area (Å²) in [6.07, 6.45) is 2.75. The van der Waals surface area contributed by atoms with Crippen molar-refractivity contribution in [1.29, 1.82) is 0 Å². The number of hydrogen-bond donors (Lipinski definition) is 1. The van der Waals surface area contributed by atoms with E-state index in [1.54, 1.807) is 11.3 Å². The van der Waals surface area contributed by atoms with E-state index in [0.717, 1.165) is 10.0 Å². The van der Waals surface area contributed by atoms with E-state index >= 15 is 0 Å². The zero-order valence-electron chi connectivity index (χ0n) is 7.79. The van der Waals surface area contributed by atoms with Crippen LogP contribution in [-0.4, -0.2) is 11.1 Å². The number of rotatable bonds is 4. The summed E-state index contributed by atoms with van der Waals surface area (Å²) in [6, 6.07) is 1.99. The molecule has 1 aromatic heterocycles. The molecule has 1 rings (SSSR count). The standard InChI is InChI=1S/C10H11BrO2S/c1-7(3-2-4-9(12)13)10-8(11)5-6-14-10/h3,5-6H,2,4H2,1H3,(H,12,13)/b7-3+. The Kier molecular flexibility index (Phi) is 4.35. The van der Waals surface area contributed by atoms with Crippen LogP contribution < -0.4 is 0 Å². The van der Waals surface area contributed by atoms with Gasteiger partial charge in [-0.2, -0.15) is 0 Å².